The zero-order chi connectivity index (χ0) is 19.2. The summed E-state index contributed by atoms with van der Waals surface area (Å²) in [5.74, 6) is 0.461. The maximum Gasteiger partial charge on any atom is 0.387 e. The first-order chi connectivity index (χ1) is 13.0. The number of rotatable bonds is 6. The Labute approximate surface area is 156 Å². The van der Waals surface area contributed by atoms with E-state index in [1.807, 2.05) is 11.8 Å². The molecule has 1 amide bonds. The Bertz CT molecular complexity index is 760. The molecule has 27 heavy (non-hydrogen) atoms. The summed E-state index contributed by atoms with van der Waals surface area (Å²) in [6.07, 6.45) is 5.03. The first kappa shape index (κ1) is 19.0. The summed E-state index contributed by atoms with van der Waals surface area (Å²) in [7, 11) is 0. The normalized spacial score (nSPS) is 18.2. The summed E-state index contributed by atoms with van der Waals surface area (Å²) < 4.78 is 29.2. The minimum absolute atomic E-state index is 0.0664. The topological polar surface area (TPSA) is 67.4 Å². The Morgan fingerprint density at radius 3 is 2.81 bits per heavy atom. The molecule has 1 aromatic carbocycles. The number of hydrogen-bond donors (Lipinski definition) is 1. The second-order valence-electron chi connectivity index (χ2n) is 6.52. The maximum atomic E-state index is 12.7. The fraction of sp³-hybridized carbons (Fsp3) is 0.421. The van der Waals surface area contributed by atoms with Gasteiger partial charge in [-0.1, -0.05) is 12.1 Å². The van der Waals surface area contributed by atoms with Crippen molar-refractivity contribution >= 4 is 11.9 Å². The number of alkyl halides is 2. The number of benzene rings is 1. The van der Waals surface area contributed by atoms with Crippen molar-refractivity contribution in [1.29, 1.82) is 0 Å². The van der Waals surface area contributed by atoms with Gasteiger partial charge in [-0.2, -0.15) is 8.78 Å². The molecule has 2 heterocycles. The van der Waals surface area contributed by atoms with Crippen LogP contribution in [0.4, 0.5) is 14.7 Å². The molecular weight excluding hydrogens is 354 g/mol. The number of carbonyl (C=O) groups excluding carboxylic acids is 1. The second kappa shape index (κ2) is 8.75. The molecule has 8 heteroatoms. The minimum Gasteiger partial charge on any atom is -0.435 e. The van der Waals surface area contributed by atoms with Gasteiger partial charge in [-0.15, -0.1) is 0 Å². The Morgan fingerprint density at radius 2 is 2.07 bits per heavy atom. The average Bonchev–Trinajstić information content (AvgIpc) is 2.68. The average molecular weight is 376 g/mol. The van der Waals surface area contributed by atoms with Crippen molar-refractivity contribution in [3.05, 3.63) is 48.3 Å². The first-order valence-corrected chi connectivity index (χ1v) is 8.90. The van der Waals surface area contributed by atoms with E-state index in [0.29, 0.717) is 18.1 Å². The summed E-state index contributed by atoms with van der Waals surface area (Å²) in [4.78, 5) is 23.2. The third-order valence-electron chi connectivity index (χ3n) is 4.57. The monoisotopic (exact) mass is 376 g/mol. The van der Waals surface area contributed by atoms with Gasteiger partial charge in [-0.3, -0.25) is 4.79 Å². The van der Waals surface area contributed by atoms with Crippen LogP contribution in [0.5, 0.6) is 5.75 Å². The van der Waals surface area contributed by atoms with Crippen LogP contribution in [0, 0.1) is 5.92 Å². The summed E-state index contributed by atoms with van der Waals surface area (Å²) in [5.41, 5.74) is 0.709. The van der Waals surface area contributed by atoms with Crippen molar-refractivity contribution in [2.45, 2.75) is 32.4 Å². The van der Waals surface area contributed by atoms with E-state index in [1.165, 1.54) is 12.1 Å². The van der Waals surface area contributed by atoms with Gasteiger partial charge in [0.2, 0.25) is 11.9 Å². The van der Waals surface area contributed by atoms with Gasteiger partial charge in [0.15, 0.2) is 0 Å². The smallest absolute Gasteiger partial charge is 0.387 e. The van der Waals surface area contributed by atoms with Crippen molar-refractivity contribution in [3.63, 3.8) is 0 Å². The predicted octanol–water partition coefficient (Wildman–Crippen LogP) is 3.17. The van der Waals surface area contributed by atoms with E-state index in [0.717, 1.165) is 19.4 Å². The van der Waals surface area contributed by atoms with Crippen LogP contribution in [0.1, 0.15) is 31.4 Å². The van der Waals surface area contributed by atoms with Crippen molar-refractivity contribution in [1.82, 2.24) is 15.3 Å². The number of nitrogens with zero attached hydrogens (tertiary/aromatic N) is 3. The van der Waals surface area contributed by atoms with Crippen LogP contribution in [0.3, 0.4) is 0 Å². The third kappa shape index (κ3) is 5.12. The highest BCUT2D eigenvalue weighted by Gasteiger charge is 2.28. The molecule has 1 aliphatic heterocycles. The molecule has 1 aliphatic rings. The van der Waals surface area contributed by atoms with Crippen LogP contribution < -0.4 is 15.0 Å². The molecule has 1 fully saturated rings. The number of aromatic nitrogens is 2. The lowest BCUT2D eigenvalue weighted by Crippen LogP contribution is -2.44. The third-order valence-corrected chi connectivity index (χ3v) is 4.57. The maximum absolute atomic E-state index is 12.7. The van der Waals surface area contributed by atoms with Crippen LogP contribution in [0.15, 0.2) is 42.7 Å². The fourth-order valence-electron chi connectivity index (χ4n) is 3.20. The minimum atomic E-state index is -2.88. The van der Waals surface area contributed by atoms with Gasteiger partial charge >= 0.3 is 6.61 Å². The van der Waals surface area contributed by atoms with Gasteiger partial charge in [0.25, 0.3) is 0 Å². The number of halogens is 2. The largest absolute Gasteiger partial charge is 0.435 e. The Morgan fingerprint density at radius 1 is 1.30 bits per heavy atom. The highest BCUT2D eigenvalue weighted by atomic mass is 19.3. The molecule has 6 nitrogen and oxygen atoms in total. The van der Waals surface area contributed by atoms with Gasteiger partial charge in [0.05, 0.1) is 12.0 Å². The van der Waals surface area contributed by atoms with E-state index < -0.39 is 6.61 Å². The van der Waals surface area contributed by atoms with Crippen LogP contribution in [-0.4, -0.2) is 35.6 Å². The highest BCUT2D eigenvalue weighted by Crippen LogP contribution is 2.23. The van der Waals surface area contributed by atoms with Gasteiger partial charge < -0.3 is 15.0 Å². The molecule has 2 aromatic rings. The first-order valence-electron chi connectivity index (χ1n) is 8.90. The van der Waals surface area contributed by atoms with Crippen molar-refractivity contribution < 1.29 is 18.3 Å². The summed E-state index contributed by atoms with van der Waals surface area (Å²) in [5, 5.41) is 2.97. The van der Waals surface area contributed by atoms with E-state index in [2.05, 4.69) is 20.0 Å². The standard InChI is InChI=1S/C19H22F2N4O2/c1-13(14-5-2-7-16(11-14)27-18(20)21)24-17(26)15-6-3-10-25(12-15)19-22-8-4-9-23-19/h2,4-5,7-9,11,13,15,18H,3,6,10,12H2,1H3,(H,24,26). The summed E-state index contributed by atoms with van der Waals surface area (Å²) in [6.45, 7) is 0.312. The molecule has 1 aromatic heterocycles. The number of nitrogens with one attached hydrogen (secondary N) is 1. The summed E-state index contributed by atoms with van der Waals surface area (Å²) in [6, 6.07) is 7.82. The quantitative estimate of drug-likeness (QED) is 0.839. The number of carbonyl (C=O) groups is 1. The zero-order valence-corrected chi connectivity index (χ0v) is 15.0. The SMILES string of the molecule is CC(NC(=O)C1CCCN(c2ncccn2)C1)c1cccc(OC(F)F)c1. The Kier molecular flexibility index (Phi) is 6.16. The van der Waals surface area contributed by atoms with Gasteiger partial charge in [0, 0.05) is 25.5 Å². The number of ether oxygens (including phenoxy) is 1. The van der Waals surface area contributed by atoms with E-state index in [9.17, 15) is 13.6 Å². The fourth-order valence-corrected chi connectivity index (χ4v) is 3.20. The van der Waals surface area contributed by atoms with E-state index >= 15 is 0 Å². The van der Waals surface area contributed by atoms with Gasteiger partial charge in [-0.05, 0) is 43.5 Å². The highest BCUT2D eigenvalue weighted by molar-refractivity contribution is 5.80. The predicted molar refractivity (Wildman–Crippen MR) is 96.6 cm³/mol. The lowest BCUT2D eigenvalue weighted by atomic mass is 9.96. The van der Waals surface area contributed by atoms with Crippen LogP contribution >= 0.6 is 0 Å². The molecule has 0 spiro atoms. The zero-order valence-electron chi connectivity index (χ0n) is 15.0. The number of amides is 1. The molecule has 144 valence electrons. The Hall–Kier alpha value is -2.77. The molecule has 0 saturated carbocycles. The number of piperidine rings is 1. The molecule has 3 rings (SSSR count). The van der Waals surface area contributed by atoms with Crippen LogP contribution in [-0.2, 0) is 4.79 Å². The van der Waals surface area contributed by atoms with E-state index in [4.69, 9.17) is 0 Å². The Balaban J connectivity index is 1.61. The van der Waals surface area contributed by atoms with Crippen LogP contribution in [0.2, 0.25) is 0 Å². The molecular formula is C19H22F2N4O2. The number of anilines is 1. The lowest BCUT2D eigenvalue weighted by Gasteiger charge is -2.32. The van der Waals surface area contributed by atoms with Gasteiger partial charge in [-0.25, -0.2) is 9.97 Å². The van der Waals surface area contributed by atoms with Crippen molar-refractivity contribution in [2.24, 2.45) is 5.92 Å². The molecule has 0 bridgehead atoms. The molecule has 1 saturated heterocycles. The molecule has 2 atom stereocenters. The summed E-state index contributed by atoms with van der Waals surface area (Å²) >= 11 is 0. The number of hydrogen-bond acceptors (Lipinski definition) is 5. The van der Waals surface area contributed by atoms with Crippen molar-refractivity contribution in [3.8, 4) is 5.75 Å². The molecule has 0 aliphatic carbocycles. The van der Waals surface area contributed by atoms with Crippen molar-refractivity contribution in [2.75, 3.05) is 18.0 Å². The van der Waals surface area contributed by atoms with E-state index in [-0.39, 0.29) is 23.6 Å². The molecule has 2 unspecified atom stereocenters. The van der Waals surface area contributed by atoms with Gasteiger partial charge in [0.1, 0.15) is 5.75 Å². The van der Waals surface area contributed by atoms with Crippen LogP contribution in [0.25, 0.3) is 0 Å². The molecule has 1 N–H and O–H groups in total. The second-order valence-corrected chi connectivity index (χ2v) is 6.52. The van der Waals surface area contributed by atoms with E-state index in [1.54, 1.807) is 30.6 Å². The lowest BCUT2D eigenvalue weighted by molar-refractivity contribution is -0.125. The molecule has 0 radical (unpaired) electrons.